The van der Waals surface area contributed by atoms with Crippen LogP contribution >= 0.6 is 11.3 Å². The van der Waals surface area contributed by atoms with Crippen LogP contribution in [0.5, 0.6) is 0 Å². The standard InChI is InChI=1S/C18H17N3O2S/c19-10-15-14-6-4-12(11-22)9-16(14)24-18(15)21-17(23)7-5-13-3-1-2-8-20-13/h1-3,5,7-8,12,22H,4,6,9,11H2,(H,21,23). The van der Waals surface area contributed by atoms with Crippen LogP contribution in [0.25, 0.3) is 6.08 Å². The number of anilines is 1. The van der Waals surface area contributed by atoms with E-state index in [2.05, 4.69) is 16.4 Å². The van der Waals surface area contributed by atoms with Gasteiger partial charge in [-0.25, -0.2) is 0 Å². The molecule has 122 valence electrons. The fourth-order valence-electron chi connectivity index (χ4n) is 2.81. The highest BCUT2D eigenvalue weighted by molar-refractivity contribution is 7.16. The van der Waals surface area contributed by atoms with Crippen molar-refractivity contribution in [3.8, 4) is 6.07 Å². The van der Waals surface area contributed by atoms with Crippen LogP contribution in [0.1, 0.15) is 28.1 Å². The van der Waals surface area contributed by atoms with Gasteiger partial charge >= 0.3 is 0 Å². The van der Waals surface area contributed by atoms with E-state index >= 15 is 0 Å². The van der Waals surface area contributed by atoms with Crippen LogP contribution in [0, 0.1) is 17.2 Å². The summed E-state index contributed by atoms with van der Waals surface area (Å²) in [6.45, 7) is 0.160. The van der Waals surface area contributed by atoms with Gasteiger partial charge in [0.15, 0.2) is 0 Å². The maximum Gasteiger partial charge on any atom is 0.249 e. The molecular formula is C18H17N3O2S. The summed E-state index contributed by atoms with van der Waals surface area (Å²) >= 11 is 1.44. The predicted octanol–water partition coefficient (Wildman–Crippen LogP) is 2.76. The van der Waals surface area contributed by atoms with Crippen LogP contribution in [-0.4, -0.2) is 22.6 Å². The van der Waals surface area contributed by atoms with Crippen molar-refractivity contribution in [2.75, 3.05) is 11.9 Å². The van der Waals surface area contributed by atoms with Gasteiger partial charge in [0, 0.05) is 23.8 Å². The lowest BCUT2D eigenvalue weighted by Gasteiger charge is -2.19. The number of carbonyl (C=O) groups excluding carboxylic acids is 1. The number of nitrogens with one attached hydrogen (secondary N) is 1. The Balaban J connectivity index is 1.76. The van der Waals surface area contributed by atoms with Crippen LogP contribution in [-0.2, 0) is 17.6 Å². The third-order valence-corrected chi connectivity index (χ3v) is 5.24. The smallest absolute Gasteiger partial charge is 0.249 e. The zero-order valence-electron chi connectivity index (χ0n) is 13.0. The van der Waals surface area contributed by atoms with E-state index in [9.17, 15) is 15.2 Å². The Morgan fingerprint density at radius 3 is 3.12 bits per heavy atom. The molecule has 0 radical (unpaired) electrons. The Morgan fingerprint density at radius 2 is 2.42 bits per heavy atom. The van der Waals surface area contributed by atoms with Gasteiger partial charge in [-0.2, -0.15) is 5.26 Å². The molecule has 1 aliphatic carbocycles. The summed E-state index contributed by atoms with van der Waals surface area (Å²) in [6.07, 6.45) is 7.14. The lowest BCUT2D eigenvalue weighted by atomic mass is 9.88. The molecule has 1 aliphatic rings. The molecule has 1 atom stereocenters. The highest BCUT2D eigenvalue weighted by Crippen LogP contribution is 2.39. The number of nitriles is 1. The lowest BCUT2D eigenvalue weighted by Crippen LogP contribution is -2.16. The summed E-state index contributed by atoms with van der Waals surface area (Å²) in [5.74, 6) is -0.0373. The fourth-order valence-corrected chi connectivity index (χ4v) is 4.12. The molecule has 0 aromatic carbocycles. The summed E-state index contributed by atoms with van der Waals surface area (Å²) in [7, 11) is 0. The molecule has 6 heteroatoms. The molecule has 5 nitrogen and oxygen atoms in total. The molecule has 0 aliphatic heterocycles. The number of aromatic nitrogens is 1. The van der Waals surface area contributed by atoms with Crippen LogP contribution in [0.4, 0.5) is 5.00 Å². The van der Waals surface area contributed by atoms with Crippen LogP contribution < -0.4 is 5.32 Å². The van der Waals surface area contributed by atoms with E-state index in [1.807, 2.05) is 18.2 Å². The minimum absolute atomic E-state index is 0.160. The maximum atomic E-state index is 12.1. The normalized spacial score (nSPS) is 16.6. The van der Waals surface area contributed by atoms with Gasteiger partial charge < -0.3 is 10.4 Å². The van der Waals surface area contributed by atoms with E-state index in [1.165, 1.54) is 17.4 Å². The molecule has 0 saturated heterocycles. The first-order valence-electron chi connectivity index (χ1n) is 7.77. The minimum atomic E-state index is -0.283. The first-order valence-corrected chi connectivity index (χ1v) is 8.58. The molecule has 1 amide bonds. The summed E-state index contributed by atoms with van der Waals surface area (Å²) in [5, 5.41) is 22.2. The van der Waals surface area contributed by atoms with Gasteiger partial charge in [0.1, 0.15) is 11.1 Å². The second-order valence-corrected chi connectivity index (χ2v) is 6.79. The van der Waals surface area contributed by atoms with Crippen molar-refractivity contribution in [1.29, 1.82) is 5.26 Å². The molecule has 2 aromatic heterocycles. The van der Waals surface area contributed by atoms with Gasteiger partial charge in [0.25, 0.3) is 0 Å². The van der Waals surface area contributed by atoms with Crippen molar-refractivity contribution in [1.82, 2.24) is 4.98 Å². The van der Waals surface area contributed by atoms with Gasteiger partial charge in [-0.05, 0) is 49.0 Å². The Bertz CT molecular complexity index is 806. The Hall–Kier alpha value is -2.49. The predicted molar refractivity (Wildman–Crippen MR) is 93.5 cm³/mol. The number of hydrogen-bond acceptors (Lipinski definition) is 5. The van der Waals surface area contributed by atoms with Gasteiger partial charge in [0.2, 0.25) is 5.91 Å². The summed E-state index contributed by atoms with van der Waals surface area (Å²) in [4.78, 5) is 17.3. The molecule has 1 unspecified atom stereocenters. The second kappa shape index (κ2) is 7.39. The second-order valence-electron chi connectivity index (χ2n) is 5.69. The molecule has 0 fully saturated rings. The third-order valence-electron chi connectivity index (χ3n) is 4.07. The molecule has 3 rings (SSSR count). The largest absolute Gasteiger partial charge is 0.396 e. The first kappa shape index (κ1) is 16.4. The molecular weight excluding hydrogens is 322 g/mol. The number of fused-ring (bicyclic) bond motifs is 1. The van der Waals surface area contributed by atoms with Crippen molar-refractivity contribution in [2.45, 2.75) is 19.3 Å². The van der Waals surface area contributed by atoms with E-state index in [4.69, 9.17) is 0 Å². The fraction of sp³-hybridized carbons (Fsp3) is 0.278. The minimum Gasteiger partial charge on any atom is -0.396 e. The van der Waals surface area contributed by atoms with E-state index < -0.39 is 0 Å². The van der Waals surface area contributed by atoms with E-state index in [0.29, 0.717) is 16.3 Å². The summed E-state index contributed by atoms with van der Waals surface area (Å²) < 4.78 is 0. The summed E-state index contributed by atoms with van der Waals surface area (Å²) in [6, 6.07) is 7.68. The number of aliphatic hydroxyl groups excluding tert-OH is 1. The molecule has 0 spiro atoms. The first-order chi connectivity index (χ1) is 11.7. The van der Waals surface area contributed by atoms with E-state index in [0.717, 1.165) is 29.7 Å². The number of nitrogens with zero attached hydrogens (tertiary/aromatic N) is 2. The average molecular weight is 339 g/mol. The molecule has 0 bridgehead atoms. The van der Waals surface area contributed by atoms with Gasteiger partial charge in [-0.15, -0.1) is 11.3 Å². The molecule has 2 heterocycles. The van der Waals surface area contributed by atoms with Crippen molar-refractivity contribution < 1.29 is 9.90 Å². The van der Waals surface area contributed by atoms with E-state index in [-0.39, 0.29) is 18.4 Å². The molecule has 2 aromatic rings. The van der Waals surface area contributed by atoms with Crippen molar-refractivity contribution >= 4 is 28.3 Å². The number of hydrogen-bond donors (Lipinski definition) is 2. The van der Waals surface area contributed by atoms with Crippen molar-refractivity contribution in [2.24, 2.45) is 5.92 Å². The Labute approximate surface area is 144 Å². The number of pyridine rings is 1. The molecule has 2 N–H and O–H groups in total. The number of carbonyl (C=O) groups is 1. The topological polar surface area (TPSA) is 86.0 Å². The number of aliphatic hydroxyl groups is 1. The van der Waals surface area contributed by atoms with Crippen LogP contribution in [0.15, 0.2) is 30.5 Å². The van der Waals surface area contributed by atoms with Gasteiger partial charge in [-0.3, -0.25) is 9.78 Å². The monoisotopic (exact) mass is 339 g/mol. The lowest BCUT2D eigenvalue weighted by molar-refractivity contribution is -0.111. The SMILES string of the molecule is N#Cc1c(NC(=O)C=Cc2ccccn2)sc2c1CCC(CO)C2. The number of amides is 1. The molecule has 0 saturated carbocycles. The average Bonchev–Trinajstić information content (AvgIpc) is 2.96. The zero-order chi connectivity index (χ0) is 16.9. The van der Waals surface area contributed by atoms with Crippen LogP contribution in [0.2, 0.25) is 0 Å². The highest BCUT2D eigenvalue weighted by atomic mass is 32.1. The van der Waals surface area contributed by atoms with Crippen molar-refractivity contribution in [3.05, 3.63) is 52.2 Å². The zero-order valence-corrected chi connectivity index (χ0v) is 13.8. The maximum absolute atomic E-state index is 12.1. The Morgan fingerprint density at radius 1 is 1.54 bits per heavy atom. The summed E-state index contributed by atoms with van der Waals surface area (Å²) in [5.41, 5.74) is 2.28. The van der Waals surface area contributed by atoms with E-state index in [1.54, 1.807) is 12.3 Å². The number of thiophene rings is 1. The highest BCUT2D eigenvalue weighted by Gasteiger charge is 2.25. The quantitative estimate of drug-likeness (QED) is 0.839. The Kier molecular flexibility index (Phi) is 5.04. The van der Waals surface area contributed by atoms with Crippen molar-refractivity contribution in [3.63, 3.8) is 0 Å². The molecule has 24 heavy (non-hydrogen) atoms. The third kappa shape index (κ3) is 3.53. The van der Waals surface area contributed by atoms with Gasteiger partial charge in [0.05, 0.1) is 11.3 Å². The number of rotatable bonds is 4. The van der Waals surface area contributed by atoms with Crippen LogP contribution in [0.3, 0.4) is 0 Å². The van der Waals surface area contributed by atoms with Gasteiger partial charge in [-0.1, -0.05) is 6.07 Å².